The molecule has 1 aliphatic heterocycles. The summed E-state index contributed by atoms with van der Waals surface area (Å²) in [5.41, 5.74) is 2.37. The summed E-state index contributed by atoms with van der Waals surface area (Å²) in [5, 5.41) is 4.56. The van der Waals surface area contributed by atoms with E-state index in [-0.39, 0.29) is 16.5 Å². The summed E-state index contributed by atoms with van der Waals surface area (Å²) in [7, 11) is -4.04. The first-order valence-electron chi connectivity index (χ1n) is 10.7. The summed E-state index contributed by atoms with van der Waals surface area (Å²) < 4.78 is 59.8. The number of sulfonamides is 1. The van der Waals surface area contributed by atoms with Crippen LogP contribution in [-0.2, 0) is 15.6 Å². The number of fused-ring (bicyclic) bond motifs is 3. The van der Waals surface area contributed by atoms with Crippen molar-refractivity contribution in [2.45, 2.75) is 57.0 Å². The van der Waals surface area contributed by atoms with E-state index in [1.165, 1.54) is 4.31 Å². The summed E-state index contributed by atoms with van der Waals surface area (Å²) in [6, 6.07) is 8.16. The van der Waals surface area contributed by atoms with Crippen LogP contribution in [0.2, 0.25) is 0 Å². The van der Waals surface area contributed by atoms with Crippen LogP contribution in [0.3, 0.4) is 0 Å². The maximum Gasteiger partial charge on any atom is 0.264 e. The molecule has 0 amide bonds. The highest BCUT2D eigenvalue weighted by atomic mass is 32.2. The Morgan fingerprint density at radius 1 is 1.03 bits per heavy atom. The van der Waals surface area contributed by atoms with Crippen LogP contribution in [0, 0.1) is 24.5 Å². The zero-order valence-corrected chi connectivity index (χ0v) is 19.2. The Morgan fingerprint density at radius 3 is 2.25 bits per heavy atom. The van der Waals surface area contributed by atoms with Gasteiger partial charge in [-0.1, -0.05) is 17.7 Å². The molecule has 32 heavy (non-hydrogen) atoms. The second-order valence-corrected chi connectivity index (χ2v) is 11.5. The molecule has 0 radical (unpaired) electrons. The first-order valence-corrected chi connectivity index (χ1v) is 12.1. The lowest BCUT2D eigenvalue weighted by Gasteiger charge is -2.39. The SMILES string of the molecule is Cc1ccc(S(=O)(=O)N2c3cc(F)c(F)cc3-c3c(cnn3C(C)(C)C)[C@H]2C2CC2)cc1. The Bertz CT molecular complexity index is 1320. The Hall–Kier alpha value is -2.74. The number of rotatable bonds is 3. The third kappa shape index (κ3) is 3.15. The lowest BCUT2D eigenvalue weighted by Crippen LogP contribution is -2.39. The van der Waals surface area contributed by atoms with Crippen molar-refractivity contribution in [3.8, 4) is 11.3 Å². The average molecular weight is 458 g/mol. The number of aromatic nitrogens is 2. The lowest BCUT2D eigenvalue weighted by atomic mass is 9.92. The number of aryl methyl sites for hydroxylation is 1. The van der Waals surface area contributed by atoms with Crippen LogP contribution in [0.5, 0.6) is 0 Å². The van der Waals surface area contributed by atoms with Crippen LogP contribution >= 0.6 is 0 Å². The molecular formula is C24H25F2N3O2S. The Labute approximate surface area is 186 Å². The average Bonchev–Trinajstić information content (AvgIpc) is 3.44. The van der Waals surface area contributed by atoms with Crippen molar-refractivity contribution in [3.05, 3.63) is 65.4 Å². The molecule has 1 saturated carbocycles. The first kappa shape index (κ1) is 21.1. The van der Waals surface area contributed by atoms with E-state index in [9.17, 15) is 17.2 Å². The van der Waals surface area contributed by atoms with Gasteiger partial charge in [-0.05, 0) is 64.7 Å². The lowest BCUT2D eigenvalue weighted by molar-refractivity contribution is 0.359. The predicted octanol–water partition coefficient (Wildman–Crippen LogP) is 5.55. The van der Waals surface area contributed by atoms with Gasteiger partial charge in [0.2, 0.25) is 0 Å². The van der Waals surface area contributed by atoms with Gasteiger partial charge in [-0.15, -0.1) is 0 Å². The molecule has 0 spiro atoms. The molecule has 5 rings (SSSR count). The van der Waals surface area contributed by atoms with Crippen molar-refractivity contribution < 1.29 is 17.2 Å². The van der Waals surface area contributed by atoms with Crippen LogP contribution in [0.1, 0.15) is 50.8 Å². The number of hydrogen-bond donors (Lipinski definition) is 0. The van der Waals surface area contributed by atoms with E-state index in [0.29, 0.717) is 11.3 Å². The molecule has 5 nitrogen and oxygen atoms in total. The zero-order valence-electron chi connectivity index (χ0n) is 18.4. The van der Waals surface area contributed by atoms with Gasteiger partial charge in [0.25, 0.3) is 10.0 Å². The van der Waals surface area contributed by atoms with Gasteiger partial charge in [-0.2, -0.15) is 5.10 Å². The topological polar surface area (TPSA) is 55.2 Å². The molecule has 0 unspecified atom stereocenters. The molecule has 2 aromatic carbocycles. The predicted molar refractivity (Wildman–Crippen MR) is 119 cm³/mol. The van der Waals surface area contributed by atoms with E-state index in [2.05, 4.69) is 5.10 Å². The van der Waals surface area contributed by atoms with Gasteiger partial charge in [-0.3, -0.25) is 8.99 Å². The van der Waals surface area contributed by atoms with Crippen LogP contribution in [0.15, 0.2) is 47.5 Å². The minimum Gasteiger partial charge on any atom is -0.259 e. The second-order valence-electron chi connectivity index (χ2n) is 9.71. The van der Waals surface area contributed by atoms with Crippen LogP contribution < -0.4 is 4.31 Å². The van der Waals surface area contributed by atoms with Crippen molar-refractivity contribution in [3.63, 3.8) is 0 Å². The third-order valence-corrected chi connectivity index (χ3v) is 7.99. The number of hydrogen-bond acceptors (Lipinski definition) is 3. The fourth-order valence-electron chi connectivity index (χ4n) is 4.50. The molecule has 2 heterocycles. The number of nitrogens with zero attached hydrogens (tertiary/aromatic N) is 3. The van der Waals surface area contributed by atoms with Gasteiger partial charge in [0.05, 0.1) is 34.1 Å². The van der Waals surface area contributed by atoms with Crippen molar-refractivity contribution in [1.29, 1.82) is 0 Å². The normalized spacial score (nSPS) is 18.4. The fraction of sp³-hybridized carbons (Fsp3) is 0.375. The molecule has 1 aliphatic carbocycles. The minimum atomic E-state index is -4.04. The molecule has 8 heteroatoms. The Kier molecular flexibility index (Phi) is 4.54. The van der Waals surface area contributed by atoms with Crippen molar-refractivity contribution in [1.82, 2.24) is 9.78 Å². The van der Waals surface area contributed by atoms with E-state index >= 15 is 0 Å². The summed E-state index contributed by atoms with van der Waals surface area (Å²) in [6.45, 7) is 7.80. The zero-order chi connectivity index (χ0) is 23.0. The highest BCUT2D eigenvalue weighted by Gasteiger charge is 2.48. The van der Waals surface area contributed by atoms with Gasteiger partial charge >= 0.3 is 0 Å². The first-order chi connectivity index (χ1) is 15.0. The van der Waals surface area contributed by atoms with E-state index in [1.807, 2.05) is 27.7 Å². The molecule has 1 aromatic heterocycles. The van der Waals surface area contributed by atoms with Crippen molar-refractivity contribution in [2.24, 2.45) is 5.92 Å². The summed E-state index contributed by atoms with van der Waals surface area (Å²) >= 11 is 0. The van der Waals surface area contributed by atoms with Crippen molar-refractivity contribution in [2.75, 3.05) is 4.31 Å². The maximum absolute atomic E-state index is 14.5. The molecule has 1 atom stereocenters. The van der Waals surface area contributed by atoms with Gasteiger partial charge in [-0.25, -0.2) is 17.2 Å². The Morgan fingerprint density at radius 2 is 1.66 bits per heavy atom. The van der Waals surface area contributed by atoms with Crippen LogP contribution in [-0.4, -0.2) is 18.2 Å². The van der Waals surface area contributed by atoms with Gasteiger partial charge < -0.3 is 0 Å². The largest absolute Gasteiger partial charge is 0.264 e. The second kappa shape index (κ2) is 6.88. The Balaban J connectivity index is 1.82. The van der Waals surface area contributed by atoms with Crippen LogP contribution in [0.25, 0.3) is 11.3 Å². The molecule has 0 N–H and O–H groups in total. The van der Waals surface area contributed by atoms with Gasteiger partial charge in [0.15, 0.2) is 11.6 Å². The third-order valence-electron chi connectivity index (χ3n) is 6.18. The standard InChI is InChI=1S/C24H25F2N3O2S/c1-14-5-9-16(10-6-14)32(30,31)28-21-12-20(26)19(25)11-17(21)23-18(22(28)15-7-8-15)13-27-29(23)24(2,3)4/h5-6,9-13,15,22H,7-8H2,1-4H3/t22-/m1/s1. The molecule has 0 bridgehead atoms. The van der Waals surface area contributed by atoms with Crippen molar-refractivity contribution >= 4 is 15.7 Å². The summed E-state index contributed by atoms with van der Waals surface area (Å²) in [4.78, 5) is 0.121. The highest BCUT2D eigenvalue weighted by molar-refractivity contribution is 7.92. The molecule has 3 aromatic rings. The minimum absolute atomic E-state index is 0.0906. The number of anilines is 1. The smallest absolute Gasteiger partial charge is 0.259 e. The molecule has 168 valence electrons. The quantitative estimate of drug-likeness (QED) is 0.518. The van der Waals surface area contributed by atoms with E-state index < -0.39 is 33.2 Å². The summed E-state index contributed by atoms with van der Waals surface area (Å²) in [6.07, 6.45) is 3.42. The fourth-order valence-corrected chi connectivity index (χ4v) is 6.20. The highest BCUT2D eigenvalue weighted by Crippen LogP contribution is 2.56. The maximum atomic E-state index is 14.5. The molecule has 1 fully saturated rings. The van der Waals surface area contributed by atoms with Gasteiger partial charge in [0, 0.05) is 17.2 Å². The number of benzene rings is 2. The summed E-state index contributed by atoms with van der Waals surface area (Å²) in [5.74, 6) is -2.01. The van der Waals surface area contributed by atoms with E-state index in [1.54, 1.807) is 35.1 Å². The van der Waals surface area contributed by atoms with Gasteiger partial charge in [0.1, 0.15) is 0 Å². The molecule has 0 saturated heterocycles. The molecular weight excluding hydrogens is 432 g/mol. The van der Waals surface area contributed by atoms with E-state index in [4.69, 9.17) is 0 Å². The molecule has 2 aliphatic rings. The van der Waals surface area contributed by atoms with Crippen LogP contribution in [0.4, 0.5) is 14.5 Å². The monoisotopic (exact) mass is 457 g/mol. The number of halogens is 2. The van der Waals surface area contributed by atoms with E-state index in [0.717, 1.165) is 36.1 Å².